The standard InChI is InChI=1S/C26H25F6NO5/c1-4-38-24(35)22(19-13-17(36-2)8-10-21(19)37-3)14-5-7-16(11-14)33-23(34)18-12-15(25(27,28)29)6-9-20(18)26(30,31)32/h5-10,12-14,16,22H,4,11H2,1-3H3,(H,33,34)/t14-,16+,22+/m1/s1. The van der Waals surface area contributed by atoms with Crippen molar-refractivity contribution in [2.75, 3.05) is 20.8 Å². The molecule has 12 heteroatoms. The summed E-state index contributed by atoms with van der Waals surface area (Å²) in [6, 6.07) is 4.65. The van der Waals surface area contributed by atoms with Crippen LogP contribution in [0.3, 0.4) is 0 Å². The van der Waals surface area contributed by atoms with Crippen LogP contribution in [0.2, 0.25) is 0 Å². The average Bonchev–Trinajstić information content (AvgIpc) is 3.30. The van der Waals surface area contributed by atoms with Crippen LogP contribution in [0.4, 0.5) is 26.3 Å². The lowest BCUT2D eigenvalue weighted by Gasteiger charge is -2.24. The minimum atomic E-state index is -5.05. The number of nitrogens with one attached hydrogen (secondary N) is 1. The minimum Gasteiger partial charge on any atom is -0.497 e. The molecule has 1 N–H and O–H groups in total. The van der Waals surface area contributed by atoms with Gasteiger partial charge in [-0.1, -0.05) is 12.2 Å². The van der Waals surface area contributed by atoms with Gasteiger partial charge in [0.25, 0.3) is 5.91 Å². The zero-order valence-electron chi connectivity index (χ0n) is 20.6. The van der Waals surface area contributed by atoms with Gasteiger partial charge in [-0.2, -0.15) is 26.3 Å². The van der Waals surface area contributed by atoms with Crippen molar-refractivity contribution in [2.24, 2.45) is 5.92 Å². The van der Waals surface area contributed by atoms with Gasteiger partial charge in [-0.3, -0.25) is 9.59 Å². The third kappa shape index (κ3) is 6.40. The first-order valence-corrected chi connectivity index (χ1v) is 11.5. The topological polar surface area (TPSA) is 73.9 Å². The first kappa shape index (κ1) is 28.9. The lowest BCUT2D eigenvalue weighted by atomic mass is 9.84. The van der Waals surface area contributed by atoms with E-state index in [-0.39, 0.29) is 31.2 Å². The first-order chi connectivity index (χ1) is 17.8. The smallest absolute Gasteiger partial charge is 0.417 e. The average molecular weight is 545 g/mol. The number of hydrogen-bond donors (Lipinski definition) is 1. The number of methoxy groups -OCH3 is 2. The van der Waals surface area contributed by atoms with Gasteiger partial charge in [-0.05, 0) is 55.7 Å². The summed E-state index contributed by atoms with van der Waals surface area (Å²) < 4.78 is 95.6. The van der Waals surface area contributed by atoms with Gasteiger partial charge in [0.05, 0.1) is 43.4 Å². The van der Waals surface area contributed by atoms with Crippen LogP contribution in [0, 0.1) is 5.92 Å². The molecule has 38 heavy (non-hydrogen) atoms. The molecule has 1 aliphatic carbocycles. The molecule has 3 atom stereocenters. The molecule has 0 fully saturated rings. The van der Waals surface area contributed by atoms with Crippen LogP contribution in [-0.4, -0.2) is 38.7 Å². The van der Waals surface area contributed by atoms with Crippen molar-refractivity contribution in [1.29, 1.82) is 0 Å². The molecule has 0 saturated heterocycles. The Labute approximate surface area is 214 Å². The number of alkyl halides is 6. The molecule has 0 heterocycles. The predicted molar refractivity (Wildman–Crippen MR) is 124 cm³/mol. The van der Waals surface area contributed by atoms with Gasteiger partial charge in [-0.25, -0.2) is 0 Å². The van der Waals surface area contributed by atoms with Gasteiger partial charge < -0.3 is 19.5 Å². The highest BCUT2D eigenvalue weighted by Gasteiger charge is 2.40. The summed E-state index contributed by atoms with van der Waals surface area (Å²) in [5.41, 5.74) is -3.60. The van der Waals surface area contributed by atoms with Crippen LogP contribution < -0.4 is 14.8 Å². The fraction of sp³-hybridized carbons (Fsp3) is 0.385. The number of halogens is 6. The van der Waals surface area contributed by atoms with Crippen molar-refractivity contribution in [1.82, 2.24) is 5.32 Å². The fourth-order valence-electron chi connectivity index (χ4n) is 4.33. The van der Waals surface area contributed by atoms with Crippen LogP contribution in [0.25, 0.3) is 0 Å². The Bertz CT molecular complexity index is 1210. The quantitative estimate of drug-likeness (QED) is 0.259. The lowest BCUT2D eigenvalue weighted by molar-refractivity contribution is -0.146. The Hall–Kier alpha value is -3.70. The molecule has 206 valence electrons. The number of esters is 1. The second-order valence-electron chi connectivity index (χ2n) is 8.46. The summed E-state index contributed by atoms with van der Waals surface area (Å²) in [5.74, 6) is -2.63. The first-order valence-electron chi connectivity index (χ1n) is 11.5. The third-order valence-electron chi connectivity index (χ3n) is 6.07. The number of carbonyl (C=O) groups excluding carboxylic acids is 2. The zero-order chi connectivity index (χ0) is 28.3. The monoisotopic (exact) mass is 545 g/mol. The van der Waals surface area contributed by atoms with Crippen molar-refractivity contribution in [3.8, 4) is 11.5 Å². The zero-order valence-corrected chi connectivity index (χ0v) is 20.6. The fourth-order valence-corrected chi connectivity index (χ4v) is 4.33. The van der Waals surface area contributed by atoms with E-state index in [0.717, 1.165) is 0 Å². The van der Waals surface area contributed by atoms with Crippen molar-refractivity contribution in [2.45, 2.75) is 37.7 Å². The maximum atomic E-state index is 13.5. The second kappa shape index (κ2) is 11.4. The number of hydrogen-bond acceptors (Lipinski definition) is 5. The van der Waals surface area contributed by atoms with Crippen molar-refractivity contribution >= 4 is 11.9 Å². The number of ether oxygens (including phenoxy) is 3. The van der Waals surface area contributed by atoms with E-state index >= 15 is 0 Å². The number of rotatable bonds is 8. The van der Waals surface area contributed by atoms with Gasteiger partial charge in [-0.15, -0.1) is 0 Å². The molecule has 2 aromatic rings. The summed E-state index contributed by atoms with van der Waals surface area (Å²) in [7, 11) is 2.85. The molecule has 1 amide bonds. The van der Waals surface area contributed by atoms with E-state index in [1.54, 1.807) is 31.2 Å². The molecule has 0 aromatic heterocycles. The van der Waals surface area contributed by atoms with E-state index < -0.39 is 58.8 Å². The van der Waals surface area contributed by atoms with Crippen molar-refractivity contribution in [3.05, 3.63) is 70.8 Å². The highest BCUT2D eigenvalue weighted by Crippen LogP contribution is 2.41. The maximum absolute atomic E-state index is 13.5. The second-order valence-corrected chi connectivity index (χ2v) is 8.46. The molecule has 6 nitrogen and oxygen atoms in total. The Kier molecular flexibility index (Phi) is 8.63. The van der Waals surface area contributed by atoms with Gasteiger partial charge >= 0.3 is 18.3 Å². The Morgan fingerprint density at radius 3 is 2.26 bits per heavy atom. The van der Waals surface area contributed by atoms with Gasteiger partial charge in [0, 0.05) is 11.6 Å². The maximum Gasteiger partial charge on any atom is 0.417 e. The SMILES string of the molecule is CCOC(=O)[C@H](c1cc(OC)ccc1OC)[C@@H]1C=C[C@H](NC(=O)c2cc(C(F)(F)F)ccc2C(F)(F)F)C1. The number of benzene rings is 2. The number of amides is 1. The van der Waals surface area contributed by atoms with E-state index in [4.69, 9.17) is 14.2 Å². The summed E-state index contributed by atoms with van der Waals surface area (Å²) in [6.07, 6.45) is -6.86. The molecular weight excluding hydrogens is 520 g/mol. The highest BCUT2D eigenvalue weighted by atomic mass is 19.4. The molecule has 2 aromatic carbocycles. The minimum absolute atomic E-state index is 0.0654. The van der Waals surface area contributed by atoms with Crippen LogP contribution in [0.15, 0.2) is 48.6 Å². The molecule has 0 spiro atoms. The summed E-state index contributed by atoms with van der Waals surface area (Å²) >= 11 is 0. The highest BCUT2D eigenvalue weighted by molar-refractivity contribution is 5.96. The normalized spacial score (nSPS) is 18.1. The van der Waals surface area contributed by atoms with E-state index in [9.17, 15) is 35.9 Å². The Morgan fingerprint density at radius 1 is 0.974 bits per heavy atom. The van der Waals surface area contributed by atoms with E-state index in [1.165, 1.54) is 20.3 Å². The van der Waals surface area contributed by atoms with Crippen LogP contribution in [0.5, 0.6) is 11.5 Å². The van der Waals surface area contributed by atoms with E-state index in [1.807, 2.05) is 0 Å². The van der Waals surface area contributed by atoms with Crippen LogP contribution in [0.1, 0.15) is 46.3 Å². The van der Waals surface area contributed by atoms with E-state index in [0.29, 0.717) is 17.1 Å². The largest absolute Gasteiger partial charge is 0.497 e. The summed E-state index contributed by atoms with van der Waals surface area (Å²) in [4.78, 5) is 25.7. The molecule has 0 unspecified atom stereocenters. The molecule has 0 radical (unpaired) electrons. The molecule has 3 rings (SSSR count). The van der Waals surface area contributed by atoms with Crippen LogP contribution >= 0.6 is 0 Å². The van der Waals surface area contributed by atoms with Crippen LogP contribution in [-0.2, 0) is 21.9 Å². The third-order valence-corrected chi connectivity index (χ3v) is 6.07. The molecule has 1 aliphatic rings. The molecular formula is C26H25F6NO5. The van der Waals surface area contributed by atoms with Gasteiger partial charge in [0.1, 0.15) is 11.5 Å². The Morgan fingerprint density at radius 2 is 1.68 bits per heavy atom. The van der Waals surface area contributed by atoms with Gasteiger partial charge in [0.15, 0.2) is 0 Å². The number of carbonyl (C=O) groups is 2. The van der Waals surface area contributed by atoms with Gasteiger partial charge in [0.2, 0.25) is 0 Å². The summed E-state index contributed by atoms with van der Waals surface area (Å²) in [6.45, 7) is 1.70. The predicted octanol–water partition coefficient (Wildman–Crippen LogP) is 5.76. The molecule has 0 bridgehead atoms. The van der Waals surface area contributed by atoms with E-state index in [2.05, 4.69) is 5.32 Å². The molecule has 0 saturated carbocycles. The number of allylic oxidation sites excluding steroid dienone is 1. The summed E-state index contributed by atoms with van der Waals surface area (Å²) in [5, 5.41) is 2.34. The van der Waals surface area contributed by atoms with Crippen molar-refractivity contribution < 1.29 is 50.1 Å². The Balaban J connectivity index is 1.89. The van der Waals surface area contributed by atoms with Crippen molar-refractivity contribution in [3.63, 3.8) is 0 Å². The molecule has 0 aliphatic heterocycles. The lowest BCUT2D eigenvalue weighted by Crippen LogP contribution is -2.35.